The van der Waals surface area contributed by atoms with E-state index in [0.29, 0.717) is 25.4 Å². The van der Waals surface area contributed by atoms with Gasteiger partial charge in [0.25, 0.3) is 0 Å². The van der Waals surface area contributed by atoms with E-state index >= 15 is 0 Å². The van der Waals surface area contributed by atoms with Gasteiger partial charge in [0.05, 0.1) is 25.3 Å². The lowest BCUT2D eigenvalue weighted by Gasteiger charge is -2.32. The predicted octanol–water partition coefficient (Wildman–Crippen LogP) is 1.97. The summed E-state index contributed by atoms with van der Waals surface area (Å²) in [7, 11) is 0. The number of nitriles is 2. The molecule has 0 unspecified atom stereocenters. The van der Waals surface area contributed by atoms with E-state index in [1.54, 1.807) is 0 Å². The molecule has 1 heterocycles. The maximum atomic E-state index is 12.6. The van der Waals surface area contributed by atoms with Gasteiger partial charge in [0.2, 0.25) is 5.91 Å². The Kier molecular flexibility index (Phi) is 6.60. The summed E-state index contributed by atoms with van der Waals surface area (Å²) in [6, 6.07) is 3.35. The van der Waals surface area contributed by atoms with Gasteiger partial charge in [-0.2, -0.15) is 10.5 Å². The van der Waals surface area contributed by atoms with Gasteiger partial charge in [0.15, 0.2) is 0 Å². The number of amides is 1. The molecule has 2 fully saturated rings. The fraction of sp³-hybridized carbons (Fsp3) is 0.833. The quantitative estimate of drug-likeness (QED) is 0.770. The van der Waals surface area contributed by atoms with Gasteiger partial charge in [0.1, 0.15) is 12.1 Å². The lowest BCUT2D eigenvalue weighted by Crippen LogP contribution is -2.53. The van der Waals surface area contributed by atoms with Crippen molar-refractivity contribution in [3.05, 3.63) is 0 Å². The van der Waals surface area contributed by atoms with Crippen LogP contribution in [0, 0.1) is 28.6 Å². The molecule has 1 aliphatic carbocycles. The fourth-order valence-corrected chi connectivity index (χ4v) is 3.68. The van der Waals surface area contributed by atoms with E-state index in [9.17, 15) is 15.3 Å². The van der Waals surface area contributed by atoms with Crippen LogP contribution in [0.1, 0.15) is 52.4 Å². The van der Waals surface area contributed by atoms with Crippen LogP contribution >= 0.6 is 0 Å². The normalized spacial score (nSPS) is 25.6. The van der Waals surface area contributed by atoms with Crippen LogP contribution in [0.15, 0.2) is 0 Å². The van der Waals surface area contributed by atoms with Crippen LogP contribution in [0.2, 0.25) is 0 Å². The molecule has 0 aromatic heterocycles. The summed E-state index contributed by atoms with van der Waals surface area (Å²) in [4.78, 5) is 14.0. The van der Waals surface area contributed by atoms with Crippen LogP contribution in [0.25, 0.3) is 0 Å². The van der Waals surface area contributed by atoms with Crippen molar-refractivity contribution in [2.75, 3.05) is 19.8 Å². The number of hydrogen-bond acceptors (Lipinski definition) is 5. The van der Waals surface area contributed by atoms with Gasteiger partial charge < -0.3 is 15.0 Å². The van der Waals surface area contributed by atoms with Crippen molar-refractivity contribution in [2.24, 2.45) is 5.92 Å². The maximum absolute atomic E-state index is 12.6. The summed E-state index contributed by atoms with van der Waals surface area (Å²) < 4.78 is 5.83. The molecule has 2 rings (SSSR count). The number of carbonyl (C=O) groups excluding carboxylic acids is 1. The van der Waals surface area contributed by atoms with Gasteiger partial charge in [0, 0.05) is 12.1 Å². The molecule has 24 heavy (non-hydrogen) atoms. The molecule has 6 nitrogen and oxygen atoms in total. The first-order chi connectivity index (χ1) is 11.5. The Hall–Kier alpha value is -1.63. The average Bonchev–Trinajstić information content (AvgIpc) is 3.19. The van der Waals surface area contributed by atoms with Gasteiger partial charge in [-0.25, -0.2) is 0 Å². The molecule has 0 radical (unpaired) electrons. The van der Waals surface area contributed by atoms with Crippen LogP contribution in [0.4, 0.5) is 0 Å². The van der Waals surface area contributed by atoms with Crippen molar-refractivity contribution < 1.29 is 9.53 Å². The van der Waals surface area contributed by atoms with Crippen LogP contribution in [-0.2, 0) is 9.53 Å². The zero-order chi connectivity index (χ0) is 17.6. The van der Waals surface area contributed by atoms with E-state index in [-0.39, 0.29) is 18.0 Å². The van der Waals surface area contributed by atoms with Crippen LogP contribution in [0.3, 0.4) is 0 Å². The van der Waals surface area contributed by atoms with Gasteiger partial charge >= 0.3 is 0 Å². The first-order valence-electron chi connectivity index (χ1n) is 8.94. The number of nitrogens with one attached hydrogen (secondary N) is 1. The first kappa shape index (κ1) is 18.7. The Morgan fingerprint density at radius 2 is 1.83 bits per heavy atom. The van der Waals surface area contributed by atoms with Crippen molar-refractivity contribution in [2.45, 2.75) is 70.0 Å². The van der Waals surface area contributed by atoms with Crippen LogP contribution in [-0.4, -0.2) is 48.2 Å². The number of nitrogens with zero attached hydrogens (tertiary/aromatic N) is 3. The minimum Gasteiger partial charge on any atom is -0.379 e. The molecule has 0 bridgehead atoms. The second-order valence-corrected chi connectivity index (χ2v) is 7.42. The molecular formula is C18H28N4O2. The standard InChI is InChI=1S/C18H28N4O2/c1-14(2)12-24-13-18(7-3-4-8-18)21-11-17(23)22-15(9-19)5-6-16(22)10-20/h14-16,21H,3-8,11-13H2,1-2H3/t15-,16+. The van der Waals surface area contributed by atoms with Gasteiger partial charge in [-0.15, -0.1) is 0 Å². The summed E-state index contributed by atoms with van der Waals surface area (Å²) in [6.45, 7) is 5.74. The topological polar surface area (TPSA) is 89.2 Å². The number of likely N-dealkylation sites (tertiary alicyclic amines) is 1. The third kappa shape index (κ3) is 4.47. The summed E-state index contributed by atoms with van der Waals surface area (Å²) in [5.41, 5.74) is -0.144. The highest BCUT2D eigenvalue weighted by molar-refractivity contribution is 5.80. The highest BCUT2D eigenvalue weighted by atomic mass is 16.5. The van der Waals surface area contributed by atoms with Gasteiger partial charge in [-0.3, -0.25) is 4.79 Å². The highest BCUT2D eigenvalue weighted by Crippen LogP contribution is 2.30. The molecule has 1 aliphatic heterocycles. The largest absolute Gasteiger partial charge is 0.379 e. The molecule has 6 heteroatoms. The highest BCUT2D eigenvalue weighted by Gasteiger charge is 2.39. The minimum absolute atomic E-state index is 0.144. The molecule has 0 aromatic carbocycles. The van der Waals surface area contributed by atoms with Crippen LogP contribution < -0.4 is 5.32 Å². The first-order valence-corrected chi connectivity index (χ1v) is 8.94. The smallest absolute Gasteiger partial charge is 0.238 e. The zero-order valence-corrected chi connectivity index (χ0v) is 14.8. The molecule has 0 aromatic rings. The molecule has 0 spiro atoms. The van der Waals surface area contributed by atoms with E-state index in [1.807, 2.05) is 0 Å². The molecule has 1 saturated heterocycles. The third-order valence-electron chi connectivity index (χ3n) is 4.98. The Bertz CT molecular complexity index is 492. The molecule has 1 N–H and O–H groups in total. The second-order valence-electron chi connectivity index (χ2n) is 7.42. The maximum Gasteiger partial charge on any atom is 0.238 e. The van der Waals surface area contributed by atoms with E-state index in [4.69, 9.17) is 4.74 Å². The third-order valence-corrected chi connectivity index (χ3v) is 4.98. The molecular weight excluding hydrogens is 304 g/mol. The molecule has 1 saturated carbocycles. The fourth-order valence-electron chi connectivity index (χ4n) is 3.68. The van der Waals surface area contributed by atoms with Crippen molar-refractivity contribution in [3.8, 4) is 12.1 Å². The van der Waals surface area contributed by atoms with Crippen molar-refractivity contribution in [3.63, 3.8) is 0 Å². The van der Waals surface area contributed by atoms with E-state index in [0.717, 1.165) is 32.3 Å². The SMILES string of the molecule is CC(C)COCC1(NCC(=O)N2[C@H](C#N)CC[C@@H]2C#N)CCCC1. The van der Waals surface area contributed by atoms with E-state index < -0.39 is 12.1 Å². The number of ether oxygens (including phenoxy) is 1. The van der Waals surface area contributed by atoms with Crippen LogP contribution in [0.5, 0.6) is 0 Å². The summed E-state index contributed by atoms with van der Waals surface area (Å²) in [5.74, 6) is 0.336. The Morgan fingerprint density at radius 1 is 1.25 bits per heavy atom. The Morgan fingerprint density at radius 3 is 2.33 bits per heavy atom. The summed E-state index contributed by atoms with van der Waals surface area (Å²) in [6.07, 6.45) is 5.45. The van der Waals surface area contributed by atoms with E-state index in [2.05, 4.69) is 31.3 Å². The summed E-state index contributed by atoms with van der Waals surface area (Å²) in [5, 5.41) is 21.8. The number of rotatable bonds is 7. The monoisotopic (exact) mass is 332 g/mol. The Labute approximate surface area is 144 Å². The van der Waals surface area contributed by atoms with Gasteiger partial charge in [-0.05, 0) is 31.6 Å². The lowest BCUT2D eigenvalue weighted by atomic mass is 9.98. The molecule has 132 valence electrons. The van der Waals surface area contributed by atoms with E-state index in [1.165, 1.54) is 4.90 Å². The lowest BCUT2D eigenvalue weighted by molar-refractivity contribution is -0.131. The van der Waals surface area contributed by atoms with Crippen molar-refractivity contribution in [1.29, 1.82) is 10.5 Å². The van der Waals surface area contributed by atoms with Gasteiger partial charge in [-0.1, -0.05) is 26.7 Å². The molecule has 1 amide bonds. The number of hydrogen-bond donors (Lipinski definition) is 1. The minimum atomic E-state index is -0.472. The zero-order valence-electron chi connectivity index (χ0n) is 14.8. The Balaban J connectivity index is 1.92. The van der Waals surface area contributed by atoms with Crippen molar-refractivity contribution >= 4 is 5.91 Å². The molecule has 2 aliphatic rings. The van der Waals surface area contributed by atoms with Crippen molar-refractivity contribution in [1.82, 2.24) is 10.2 Å². The summed E-state index contributed by atoms with van der Waals surface area (Å²) >= 11 is 0. The average molecular weight is 332 g/mol. The number of carbonyl (C=O) groups is 1. The predicted molar refractivity (Wildman–Crippen MR) is 89.7 cm³/mol. The second kappa shape index (κ2) is 8.46. The molecule has 2 atom stereocenters.